The lowest BCUT2D eigenvalue weighted by atomic mass is 10.1. The van der Waals surface area contributed by atoms with Crippen molar-refractivity contribution >= 4 is 45.7 Å². The third kappa shape index (κ3) is 4.88. The van der Waals surface area contributed by atoms with Gasteiger partial charge in [0.2, 0.25) is 5.91 Å². The largest absolute Gasteiger partial charge is 0.456 e. The number of nitrogens with zero attached hydrogens (tertiary/aromatic N) is 2. The van der Waals surface area contributed by atoms with Gasteiger partial charge in [-0.25, -0.2) is 4.98 Å². The van der Waals surface area contributed by atoms with Crippen molar-refractivity contribution in [3.05, 3.63) is 93.0 Å². The van der Waals surface area contributed by atoms with Crippen LogP contribution in [0, 0.1) is 10.1 Å². The Balaban J connectivity index is 1.43. The van der Waals surface area contributed by atoms with Crippen LogP contribution in [-0.2, 0) is 4.79 Å². The van der Waals surface area contributed by atoms with Crippen LogP contribution in [0.15, 0.2) is 76.5 Å². The average Bonchev–Trinajstić information content (AvgIpc) is 3.42. The van der Waals surface area contributed by atoms with Gasteiger partial charge in [0.1, 0.15) is 11.5 Å². The summed E-state index contributed by atoms with van der Waals surface area (Å²) in [6, 6.07) is 16.8. The van der Waals surface area contributed by atoms with Crippen molar-refractivity contribution in [2.45, 2.75) is 0 Å². The summed E-state index contributed by atoms with van der Waals surface area (Å²) < 4.78 is 5.64. The summed E-state index contributed by atoms with van der Waals surface area (Å²) in [5.41, 5.74) is 1.95. The van der Waals surface area contributed by atoms with Gasteiger partial charge in [-0.05, 0) is 36.4 Å². The molecule has 0 spiro atoms. The number of nitrogens with one attached hydrogen (secondary N) is 1. The minimum atomic E-state index is -0.465. The molecule has 154 valence electrons. The van der Waals surface area contributed by atoms with Gasteiger partial charge in [-0.2, -0.15) is 0 Å². The first-order valence-electron chi connectivity index (χ1n) is 9.04. The van der Waals surface area contributed by atoms with E-state index >= 15 is 0 Å². The van der Waals surface area contributed by atoms with E-state index in [9.17, 15) is 14.9 Å². The van der Waals surface area contributed by atoms with E-state index < -0.39 is 4.92 Å². The molecule has 9 heteroatoms. The molecule has 0 aliphatic carbocycles. The fraction of sp³-hybridized carbons (Fsp3) is 0. The van der Waals surface area contributed by atoms with Crippen LogP contribution < -0.4 is 5.32 Å². The predicted octanol–water partition coefficient (Wildman–Crippen LogP) is 6.28. The lowest BCUT2D eigenvalue weighted by Crippen LogP contribution is -2.07. The number of nitro groups is 1. The molecule has 2 aromatic heterocycles. The van der Waals surface area contributed by atoms with Crippen molar-refractivity contribution in [1.82, 2.24) is 4.98 Å². The zero-order chi connectivity index (χ0) is 21.8. The molecule has 0 atom stereocenters. The summed E-state index contributed by atoms with van der Waals surface area (Å²) >= 11 is 7.20. The van der Waals surface area contributed by atoms with Crippen LogP contribution in [0.5, 0.6) is 0 Å². The second kappa shape index (κ2) is 8.95. The van der Waals surface area contributed by atoms with E-state index in [4.69, 9.17) is 16.0 Å². The van der Waals surface area contributed by atoms with Crippen LogP contribution in [-0.4, -0.2) is 15.8 Å². The molecule has 0 radical (unpaired) electrons. The molecular weight excluding hydrogens is 438 g/mol. The second-order valence-corrected chi connectivity index (χ2v) is 7.64. The smallest absolute Gasteiger partial charge is 0.280 e. The van der Waals surface area contributed by atoms with E-state index in [2.05, 4.69) is 10.3 Å². The summed E-state index contributed by atoms with van der Waals surface area (Å²) in [6.07, 6.45) is 2.80. The SMILES string of the molecule is O=C(/C=C/c1ccc(-c2ccccc2[N+](=O)[O-])o1)Nc1nc(-c2ccc(Cl)cc2)cs1. The van der Waals surface area contributed by atoms with E-state index in [1.54, 1.807) is 42.5 Å². The minimum absolute atomic E-state index is 0.0506. The third-order valence-electron chi connectivity index (χ3n) is 4.27. The number of benzene rings is 2. The van der Waals surface area contributed by atoms with Crippen molar-refractivity contribution in [2.75, 3.05) is 5.32 Å². The number of aromatic nitrogens is 1. The number of nitro benzene ring substituents is 1. The van der Waals surface area contributed by atoms with Crippen LogP contribution >= 0.6 is 22.9 Å². The molecular formula is C22H14ClN3O4S. The van der Waals surface area contributed by atoms with Crippen LogP contribution in [0.25, 0.3) is 28.7 Å². The Kier molecular flexibility index (Phi) is 5.92. The molecule has 0 aliphatic rings. The molecule has 0 fully saturated rings. The van der Waals surface area contributed by atoms with Crippen molar-refractivity contribution in [3.63, 3.8) is 0 Å². The number of halogens is 1. The molecule has 0 bridgehead atoms. The van der Waals surface area contributed by atoms with Crippen molar-refractivity contribution in [2.24, 2.45) is 0 Å². The molecule has 31 heavy (non-hydrogen) atoms. The van der Waals surface area contributed by atoms with E-state index in [1.165, 1.54) is 29.6 Å². The number of rotatable bonds is 6. The van der Waals surface area contributed by atoms with Gasteiger partial charge in [0.15, 0.2) is 5.13 Å². The fourth-order valence-corrected chi connectivity index (χ4v) is 3.67. The molecule has 0 saturated carbocycles. The highest BCUT2D eigenvalue weighted by molar-refractivity contribution is 7.14. The maximum absolute atomic E-state index is 12.2. The van der Waals surface area contributed by atoms with Gasteiger partial charge in [0.25, 0.3) is 5.69 Å². The van der Waals surface area contributed by atoms with Gasteiger partial charge in [-0.15, -0.1) is 11.3 Å². The van der Waals surface area contributed by atoms with Crippen molar-refractivity contribution in [3.8, 4) is 22.6 Å². The molecule has 7 nitrogen and oxygen atoms in total. The Bertz CT molecular complexity index is 1280. The number of furan rings is 1. The minimum Gasteiger partial charge on any atom is -0.456 e. The topological polar surface area (TPSA) is 98.3 Å². The predicted molar refractivity (Wildman–Crippen MR) is 121 cm³/mol. The first-order valence-corrected chi connectivity index (χ1v) is 10.3. The summed E-state index contributed by atoms with van der Waals surface area (Å²) in [6.45, 7) is 0. The number of amides is 1. The zero-order valence-corrected chi connectivity index (χ0v) is 17.4. The van der Waals surface area contributed by atoms with E-state index in [1.807, 2.05) is 17.5 Å². The number of hydrogen-bond acceptors (Lipinski definition) is 6. The fourth-order valence-electron chi connectivity index (χ4n) is 2.82. The number of hydrogen-bond donors (Lipinski definition) is 1. The molecule has 2 aromatic carbocycles. The van der Waals surface area contributed by atoms with E-state index in [0.29, 0.717) is 27.2 Å². The average molecular weight is 452 g/mol. The summed E-state index contributed by atoms with van der Waals surface area (Å²) in [5.74, 6) is 0.366. The normalized spacial score (nSPS) is 11.0. The number of thiazole rings is 1. The van der Waals surface area contributed by atoms with Gasteiger partial charge in [-0.1, -0.05) is 35.9 Å². The van der Waals surface area contributed by atoms with Crippen molar-refractivity contribution < 1.29 is 14.1 Å². The summed E-state index contributed by atoms with van der Waals surface area (Å²) in [5, 5.41) is 16.8. The zero-order valence-electron chi connectivity index (χ0n) is 15.8. The molecule has 4 rings (SSSR count). The summed E-state index contributed by atoms with van der Waals surface area (Å²) in [4.78, 5) is 27.3. The maximum atomic E-state index is 12.2. The molecule has 0 saturated heterocycles. The molecule has 1 amide bonds. The van der Waals surface area contributed by atoms with Gasteiger partial charge in [0, 0.05) is 28.1 Å². The Labute approximate surface area is 185 Å². The molecule has 0 aliphatic heterocycles. The van der Waals surface area contributed by atoms with Crippen LogP contribution in [0.1, 0.15) is 5.76 Å². The standard InChI is InChI=1S/C22H14ClN3O4S/c23-15-7-5-14(6-8-15)18-13-31-22(24-18)25-21(27)12-10-16-9-11-20(30-16)17-3-1-2-4-19(17)26(28)29/h1-13H,(H,24,25,27)/b12-10+. The highest BCUT2D eigenvalue weighted by atomic mass is 35.5. The highest BCUT2D eigenvalue weighted by Gasteiger charge is 2.16. The van der Waals surface area contributed by atoms with Crippen LogP contribution in [0.4, 0.5) is 10.8 Å². The van der Waals surface area contributed by atoms with Gasteiger partial charge < -0.3 is 4.42 Å². The number of carbonyl (C=O) groups is 1. The van der Waals surface area contributed by atoms with Crippen molar-refractivity contribution in [1.29, 1.82) is 0 Å². The van der Waals surface area contributed by atoms with Crippen LogP contribution in [0.3, 0.4) is 0 Å². The number of carbonyl (C=O) groups excluding carboxylic acids is 1. The number of para-hydroxylation sites is 1. The molecule has 0 unspecified atom stereocenters. The summed E-state index contributed by atoms with van der Waals surface area (Å²) in [7, 11) is 0. The third-order valence-corrected chi connectivity index (χ3v) is 5.28. The monoisotopic (exact) mass is 451 g/mol. The Hall–Kier alpha value is -3.75. The van der Waals surface area contributed by atoms with Gasteiger partial charge in [0.05, 0.1) is 16.2 Å². The van der Waals surface area contributed by atoms with Crippen LogP contribution in [0.2, 0.25) is 5.02 Å². The van der Waals surface area contributed by atoms with E-state index in [-0.39, 0.29) is 11.6 Å². The van der Waals surface area contributed by atoms with E-state index in [0.717, 1.165) is 11.3 Å². The lowest BCUT2D eigenvalue weighted by Gasteiger charge is -1.99. The lowest BCUT2D eigenvalue weighted by molar-refractivity contribution is -0.384. The first-order chi connectivity index (χ1) is 15.0. The first kappa shape index (κ1) is 20.5. The Morgan fingerprint density at radius 3 is 2.68 bits per heavy atom. The second-order valence-electron chi connectivity index (χ2n) is 6.34. The maximum Gasteiger partial charge on any atom is 0.280 e. The highest BCUT2D eigenvalue weighted by Crippen LogP contribution is 2.31. The van der Waals surface area contributed by atoms with Gasteiger partial charge >= 0.3 is 0 Å². The Morgan fingerprint density at radius 1 is 1.13 bits per heavy atom. The van der Waals surface area contributed by atoms with Gasteiger partial charge in [-0.3, -0.25) is 20.2 Å². The quantitative estimate of drug-likeness (QED) is 0.211. The molecule has 4 aromatic rings. The number of anilines is 1. The Morgan fingerprint density at radius 2 is 1.90 bits per heavy atom. The molecule has 1 N–H and O–H groups in total. The molecule has 2 heterocycles.